The van der Waals surface area contributed by atoms with Gasteiger partial charge in [0.1, 0.15) is 0 Å². The molecule has 3 heteroatoms. The monoisotopic (exact) mass is 298 g/mol. The van der Waals surface area contributed by atoms with Crippen LogP contribution in [0.1, 0.15) is 40.2 Å². The van der Waals surface area contributed by atoms with Crippen molar-refractivity contribution >= 4 is 17.7 Å². The van der Waals surface area contributed by atoms with Crippen LogP contribution in [0, 0.1) is 0 Å². The third-order valence-electron chi connectivity index (χ3n) is 4.05. The Bertz CT molecular complexity index is 651. The number of thioether (sulfide) groups is 1. The number of aromatic carboxylic acids is 1. The van der Waals surface area contributed by atoms with Gasteiger partial charge in [-0.1, -0.05) is 36.4 Å². The van der Waals surface area contributed by atoms with Gasteiger partial charge >= 0.3 is 5.97 Å². The van der Waals surface area contributed by atoms with Crippen LogP contribution < -0.4 is 0 Å². The quantitative estimate of drug-likeness (QED) is 0.838. The van der Waals surface area contributed by atoms with Gasteiger partial charge in [-0.25, -0.2) is 4.79 Å². The zero-order valence-electron chi connectivity index (χ0n) is 11.8. The number of fused-ring (bicyclic) bond motifs is 1. The Hall–Kier alpha value is -1.74. The predicted octanol–water partition coefficient (Wildman–Crippen LogP) is 4.60. The Balaban J connectivity index is 1.76. The summed E-state index contributed by atoms with van der Waals surface area (Å²) in [5, 5.41) is 9.25. The summed E-state index contributed by atoms with van der Waals surface area (Å²) in [7, 11) is 0. The van der Waals surface area contributed by atoms with E-state index in [1.54, 1.807) is 23.9 Å². The zero-order valence-corrected chi connectivity index (χ0v) is 12.6. The van der Waals surface area contributed by atoms with Crippen molar-refractivity contribution in [3.63, 3.8) is 0 Å². The summed E-state index contributed by atoms with van der Waals surface area (Å²) in [6.07, 6.45) is 3.59. The molecule has 3 rings (SSSR count). The summed E-state index contributed by atoms with van der Waals surface area (Å²) in [6.45, 7) is 0. The lowest BCUT2D eigenvalue weighted by molar-refractivity contribution is 0.0693. The number of carbonyl (C=O) groups is 1. The van der Waals surface area contributed by atoms with Crippen molar-refractivity contribution in [1.82, 2.24) is 0 Å². The second-order valence-corrected chi connectivity index (χ2v) is 6.46. The molecule has 1 aliphatic rings. The first-order chi connectivity index (χ1) is 10.3. The Morgan fingerprint density at radius 1 is 1.14 bits per heavy atom. The first-order valence-corrected chi connectivity index (χ1v) is 8.27. The Morgan fingerprint density at radius 2 is 1.90 bits per heavy atom. The maximum Gasteiger partial charge on any atom is 0.336 e. The van der Waals surface area contributed by atoms with Crippen molar-refractivity contribution < 1.29 is 9.90 Å². The number of rotatable bonds is 4. The van der Waals surface area contributed by atoms with Crippen LogP contribution in [0.3, 0.4) is 0 Å². The summed E-state index contributed by atoms with van der Waals surface area (Å²) in [6, 6.07) is 15.9. The number of carboxylic acids is 1. The summed E-state index contributed by atoms with van der Waals surface area (Å²) >= 11 is 1.66. The third-order valence-corrected chi connectivity index (χ3v) is 5.29. The van der Waals surface area contributed by atoms with Gasteiger partial charge in [0.2, 0.25) is 0 Å². The van der Waals surface area contributed by atoms with Crippen LogP contribution in [0.15, 0.2) is 53.4 Å². The Morgan fingerprint density at radius 3 is 2.76 bits per heavy atom. The fourth-order valence-electron chi connectivity index (χ4n) is 2.99. The van der Waals surface area contributed by atoms with E-state index < -0.39 is 5.97 Å². The highest BCUT2D eigenvalue weighted by atomic mass is 32.2. The molecular weight excluding hydrogens is 280 g/mol. The molecule has 1 N–H and O–H groups in total. The maximum atomic E-state index is 11.3. The van der Waals surface area contributed by atoms with Gasteiger partial charge in [-0.05, 0) is 48.4 Å². The number of benzene rings is 2. The molecule has 0 aromatic heterocycles. The van der Waals surface area contributed by atoms with Crippen LogP contribution in [0.25, 0.3) is 0 Å². The minimum absolute atomic E-state index is 0.409. The van der Waals surface area contributed by atoms with Gasteiger partial charge in [-0.2, -0.15) is 0 Å². The second-order valence-electron chi connectivity index (χ2n) is 5.40. The van der Waals surface area contributed by atoms with Gasteiger partial charge in [-0.15, -0.1) is 11.8 Å². The first-order valence-electron chi connectivity index (χ1n) is 7.28. The first kappa shape index (κ1) is 14.2. The summed E-state index contributed by atoms with van der Waals surface area (Å²) in [5.41, 5.74) is 3.32. The summed E-state index contributed by atoms with van der Waals surface area (Å²) < 4.78 is 0. The second kappa shape index (κ2) is 6.35. The van der Waals surface area contributed by atoms with Crippen molar-refractivity contribution in [2.75, 3.05) is 5.75 Å². The zero-order chi connectivity index (χ0) is 14.7. The van der Waals surface area contributed by atoms with Crippen molar-refractivity contribution in [2.45, 2.75) is 30.1 Å². The van der Waals surface area contributed by atoms with Crippen LogP contribution in [-0.4, -0.2) is 16.8 Å². The van der Waals surface area contributed by atoms with E-state index in [9.17, 15) is 9.90 Å². The van der Waals surface area contributed by atoms with E-state index in [0.717, 1.165) is 10.6 Å². The van der Waals surface area contributed by atoms with Gasteiger partial charge in [0.05, 0.1) is 5.56 Å². The molecule has 0 heterocycles. The van der Waals surface area contributed by atoms with Crippen LogP contribution in [-0.2, 0) is 6.42 Å². The lowest BCUT2D eigenvalue weighted by Gasteiger charge is -2.25. The van der Waals surface area contributed by atoms with Crippen LogP contribution >= 0.6 is 11.8 Å². The molecule has 2 nitrogen and oxygen atoms in total. The molecule has 1 aliphatic carbocycles. The van der Waals surface area contributed by atoms with E-state index in [0.29, 0.717) is 11.5 Å². The molecule has 2 aromatic carbocycles. The molecule has 21 heavy (non-hydrogen) atoms. The van der Waals surface area contributed by atoms with E-state index in [-0.39, 0.29) is 0 Å². The van der Waals surface area contributed by atoms with E-state index in [4.69, 9.17) is 0 Å². The highest BCUT2D eigenvalue weighted by molar-refractivity contribution is 7.99. The molecule has 0 radical (unpaired) electrons. The SMILES string of the molecule is O=C(O)c1ccccc1SCC1CCCc2ccccc21. The largest absolute Gasteiger partial charge is 0.478 e. The van der Waals surface area contributed by atoms with Crippen LogP contribution in [0.2, 0.25) is 0 Å². The molecule has 108 valence electrons. The number of aryl methyl sites for hydroxylation is 1. The molecular formula is C18H18O2S. The minimum Gasteiger partial charge on any atom is -0.478 e. The van der Waals surface area contributed by atoms with Crippen molar-refractivity contribution in [1.29, 1.82) is 0 Å². The smallest absolute Gasteiger partial charge is 0.336 e. The molecule has 1 unspecified atom stereocenters. The number of carboxylic acid groups (broad SMARTS) is 1. The van der Waals surface area contributed by atoms with Gasteiger partial charge in [-0.3, -0.25) is 0 Å². The van der Waals surface area contributed by atoms with E-state index >= 15 is 0 Å². The summed E-state index contributed by atoms with van der Waals surface area (Å²) in [5.74, 6) is 0.630. The fourth-order valence-corrected chi connectivity index (χ4v) is 4.20. The molecule has 0 aliphatic heterocycles. The Labute approximate surface area is 129 Å². The lowest BCUT2D eigenvalue weighted by atomic mass is 9.84. The van der Waals surface area contributed by atoms with Crippen molar-refractivity contribution in [3.05, 3.63) is 65.2 Å². The highest BCUT2D eigenvalue weighted by Crippen LogP contribution is 2.36. The van der Waals surface area contributed by atoms with Gasteiger partial charge < -0.3 is 5.11 Å². The number of hydrogen-bond donors (Lipinski definition) is 1. The van der Waals surface area contributed by atoms with E-state index in [2.05, 4.69) is 24.3 Å². The minimum atomic E-state index is -0.845. The normalized spacial score (nSPS) is 17.2. The molecule has 0 amide bonds. The van der Waals surface area contributed by atoms with Crippen LogP contribution in [0.4, 0.5) is 0 Å². The fraction of sp³-hybridized carbons (Fsp3) is 0.278. The van der Waals surface area contributed by atoms with Crippen LogP contribution in [0.5, 0.6) is 0 Å². The van der Waals surface area contributed by atoms with E-state index in [1.165, 1.54) is 30.4 Å². The van der Waals surface area contributed by atoms with Crippen molar-refractivity contribution in [2.24, 2.45) is 0 Å². The molecule has 2 aromatic rings. The average Bonchev–Trinajstić information content (AvgIpc) is 2.53. The third kappa shape index (κ3) is 3.13. The predicted molar refractivity (Wildman–Crippen MR) is 86.2 cm³/mol. The highest BCUT2D eigenvalue weighted by Gasteiger charge is 2.20. The summed E-state index contributed by atoms with van der Waals surface area (Å²) in [4.78, 5) is 12.1. The van der Waals surface area contributed by atoms with Crippen molar-refractivity contribution in [3.8, 4) is 0 Å². The topological polar surface area (TPSA) is 37.3 Å². The Kier molecular flexibility index (Phi) is 4.30. The van der Waals surface area contributed by atoms with Gasteiger partial charge in [0.15, 0.2) is 0 Å². The molecule has 0 fully saturated rings. The molecule has 1 atom stereocenters. The molecule has 0 bridgehead atoms. The average molecular weight is 298 g/mol. The standard InChI is InChI=1S/C18H18O2S/c19-18(20)16-10-3-4-11-17(16)21-12-14-8-5-7-13-6-1-2-9-15(13)14/h1-4,6,9-11,14H,5,7-8,12H2,(H,19,20). The number of hydrogen-bond acceptors (Lipinski definition) is 2. The molecule has 0 saturated carbocycles. The van der Waals surface area contributed by atoms with Gasteiger partial charge in [0, 0.05) is 10.6 Å². The molecule has 0 saturated heterocycles. The van der Waals surface area contributed by atoms with Gasteiger partial charge in [0.25, 0.3) is 0 Å². The van der Waals surface area contributed by atoms with E-state index in [1.807, 2.05) is 12.1 Å². The molecule has 0 spiro atoms. The lowest BCUT2D eigenvalue weighted by Crippen LogP contribution is -2.12. The maximum absolute atomic E-state index is 11.3.